The fourth-order valence-electron chi connectivity index (χ4n) is 2.26. The maximum Gasteiger partial charge on any atom is 0.124 e. The lowest BCUT2D eigenvalue weighted by atomic mass is 9.98. The molecule has 0 saturated carbocycles. The zero-order valence-electron chi connectivity index (χ0n) is 12.5. The quantitative estimate of drug-likeness (QED) is 0.888. The van der Waals surface area contributed by atoms with Gasteiger partial charge < -0.3 is 19.7 Å². The number of methoxy groups -OCH3 is 2. The Morgan fingerprint density at radius 3 is 2.10 bits per heavy atom. The summed E-state index contributed by atoms with van der Waals surface area (Å²) in [4.78, 5) is 0. The number of hydrogen-bond acceptors (Lipinski definition) is 4. The summed E-state index contributed by atoms with van der Waals surface area (Å²) in [6.45, 7) is 1.85. The average Bonchev–Trinajstić information content (AvgIpc) is 2.53. The van der Waals surface area contributed by atoms with E-state index in [0.717, 1.165) is 16.9 Å². The number of aryl methyl sites for hydroxylation is 1. The molecular weight excluding hydrogens is 268 g/mol. The van der Waals surface area contributed by atoms with E-state index in [1.807, 2.05) is 25.1 Å². The number of hydrogen-bond donors (Lipinski definition) is 2. The zero-order valence-corrected chi connectivity index (χ0v) is 12.5. The van der Waals surface area contributed by atoms with Crippen molar-refractivity contribution in [2.24, 2.45) is 0 Å². The van der Waals surface area contributed by atoms with E-state index in [1.54, 1.807) is 32.4 Å². The minimum atomic E-state index is -0.777. The lowest BCUT2D eigenvalue weighted by Gasteiger charge is -2.16. The van der Waals surface area contributed by atoms with Crippen molar-refractivity contribution in [2.45, 2.75) is 19.6 Å². The van der Waals surface area contributed by atoms with Crippen LogP contribution in [-0.4, -0.2) is 24.4 Å². The van der Waals surface area contributed by atoms with Gasteiger partial charge in [0.2, 0.25) is 0 Å². The molecule has 0 radical (unpaired) electrons. The maximum absolute atomic E-state index is 10.5. The third kappa shape index (κ3) is 3.17. The Morgan fingerprint density at radius 1 is 0.952 bits per heavy atom. The Kier molecular flexibility index (Phi) is 4.83. The molecule has 1 unspecified atom stereocenters. The minimum absolute atomic E-state index is 0.0993. The molecule has 4 heteroatoms. The Labute approximate surface area is 124 Å². The molecule has 1 atom stereocenters. The summed E-state index contributed by atoms with van der Waals surface area (Å²) in [6.07, 6.45) is -0.777. The van der Waals surface area contributed by atoms with Crippen molar-refractivity contribution in [3.63, 3.8) is 0 Å². The predicted molar refractivity (Wildman–Crippen MR) is 80.7 cm³/mol. The molecule has 21 heavy (non-hydrogen) atoms. The molecule has 0 aliphatic heterocycles. The molecule has 0 spiro atoms. The van der Waals surface area contributed by atoms with E-state index in [1.165, 1.54) is 0 Å². The van der Waals surface area contributed by atoms with Gasteiger partial charge in [-0.05, 0) is 35.7 Å². The highest BCUT2D eigenvalue weighted by molar-refractivity contribution is 5.43. The topological polar surface area (TPSA) is 58.9 Å². The number of rotatable bonds is 5. The van der Waals surface area contributed by atoms with E-state index >= 15 is 0 Å². The summed E-state index contributed by atoms with van der Waals surface area (Å²) in [5.74, 6) is 1.30. The number of aliphatic hydroxyl groups excluding tert-OH is 2. The summed E-state index contributed by atoms with van der Waals surface area (Å²) >= 11 is 0. The molecule has 2 N–H and O–H groups in total. The van der Waals surface area contributed by atoms with Crippen LogP contribution in [0.1, 0.15) is 28.4 Å². The molecule has 2 aromatic rings. The van der Waals surface area contributed by atoms with Crippen molar-refractivity contribution >= 4 is 0 Å². The monoisotopic (exact) mass is 288 g/mol. The first kappa shape index (κ1) is 15.4. The molecule has 4 nitrogen and oxygen atoms in total. The molecule has 0 aliphatic carbocycles. The molecular formula is C17H20O4. The fraction of sp³-hybridized carbons (Fsp3) is 0.294. The van der Waals surface area contributed by atoms with Gasteiger partial charge in [0.15, 0.2) is 0 Å². The minimum Gasteiger partial charge on any atom is -0.496 e. The molecule has 0 aliphatic rings. The van der Waals surface area contributed by atoms with Crippen molar-refractivity contribution in [3.8, 4) is 11.5 Å². The van der Waals surface area contributed by atoms with Crippen molar-refractivity contribution in [2.75, 3.05) is 14.2 Å². The van der Waals surface area contributed by atoms with Crippen molar-refractivity contribution in [3.05, 3.63) is 58.7 Å². The van der Waals surface area contributed by atoms with Gasteiger partial charge in [-0.3, -0.25) is 0 Å². The van der Waals surface area contributed by atoms with Crippen molar-refractivity contribution in [1.29, 1.82) is 0 Å². The molecule has 0 aromatic heterocycles. The van der Waals surface area contributed by atoms with Gasteiger partial charge in [0.05, 0.1) is 20.8 Å². The molecule has 0 saturated heterocycles. The smallest absolute Gasteiger partial charge is 0.124 e. The zero-order chi connectivity index (χ0) is 15.4. The van der Waals surface area contributed by atoms with E-state index in [9.17, 15) is 10.2 Å². The van der Waals surface area contributed by atoms with Crippen LogP contribution in [0.15, 0.2) is 36.4 Å². The first-order valence-corrected chi connectivity index (χ1v) is 6.71. The second-order valence-electron chi connectivity index (χ2n) is 4.86. The van der Waals surface area contributed by atoms with Gasteiger partial charge in [-0.2, -0.15) is 0 Å². The van der Waals surface area contributed by atoms with Gasteiger partial charge in [-0.1, -0.05) is 24.3 Å². The number of benzene rings is 2. The number of ether oxygens (including phenoxy) is 2. The first-order valence-electron chi connectivity index (χ1n) is 6.71. The highest BCUT2D eigenvalue weighted by atomic mass is 16.5. The van der Waals surface area contributed by atoms with E-state index < -0.39 is 6.10 Å². The van der Waals surface area contributed by atoms with E-state index in [2.05, 4.69) is 0 Å². The second kappa shape index (κ2) is 6.61. The van der Waals surface area contributed by atoms with E-state index in [4.69, 9.17) is 9.47 Å². The molecule has 2 rings (SSSR count). The van der Waals surface area contributed by atoms with Gasteiger partial charge >= 0.3 is 0 Å². The van der Waals surface area contributed by atoms with Crippen molar-refractivity contribution in [1.82, 2.24) is 0 Å². The average molecular weight is 288 g/mol. The predicted octanol–water partition coefficient (Wildman–Crippen LogP) is 2.59. The Hall–Kier alpha value is -2.04. The van der Waals surface area contributed by atoms with Gasteiger partial charge in [-0.15, -0.1) is 0 Å². The Bertz CT molecular complexity index is 622. The van der Waals surface area contributed by atoms with Crippen LogP contribution in [0, 0.1) is 6.92 Å². The van der Waals surface area contributed by atoms with Gasteiger partial charge in [0.1, 0.15) is 17.6 Å². The Balaban J connectivity index is 2.37. The standard InChI is InChI=1S/C17H20O4/c1-11-4-5-12(8-15(11)20-2)17(19)13-6-7-14(10-18)16(9-13)21-3/h4-9,17-19H,10H2,1-3H3. The summed E-state index contributed by atoms with van der Waals surface area (Å²) < 4.78 is 10.5. The van der Waals surface area contributed by atoms with E-state index in [-0.39, 0.29) is 6.61 Å². The normalized spacial score (nSPS) is 12.0. The van der Waals surface area contributed by atoms with Gasteiger partial charge in [0.25, 0.3) is 0 Å². The maximum atomic E-state index is 10.5. The second-order valence-corrected chi connectivity index (χ2v) is 4.86. The molecule has 0 amide bonds. The number of aliphatic hydroxyl groups is 2. The third-order valence-electron chi connectivity index (χ3n) is 3.55. The Morgan fingerprint density at radius 2 is 1.52 bits per heavy atom. The van der Waals surface area contributed by atoms with Crippen molar-refractivity contribution < 1.29 is 19.7 Å². The third-order valence-corrected chi connectivity index (χ3v) is 3.55. The molecule has 0 fully saturated rings. The summed E-state index contributed by atoms with van der Waals surface area (Å²) in [5.41, 5.74) is 3.16. The van der Waals surface area contributed by atoms with Crippen LogP contribution in [0.3, 0.4) is 0 Å². The molecule has 2 aromatic carbocycles. The summed E-state index contributed by atoms with van der Waals surface area (Å²) in [7, 11) is 3.15. The van der Waals surface area contributed by atoms with Gasteiger partial charge in [-0.25, -0.2) is 0 Å². The first-order chi connectivity index (χ1) is 10.1. The van der Waals surface area contributed by atoms with E-state index in [0.29, 0.717) is 16.9 Å². The fourth-order valence-corrected chi connectivity index (χ4v) is 2.26. The molecule has 0 bridgehead atoms. The van der Waals surface area contributed by atoms with Crippen LogP contribution < -0.4 is 9.47 Å². The highest BCUT2D eigenvalue weighted by Gasteiger charge is 2.14. The largest absolute Gasteiger partial charge is 0.496 e. The summed E-state index contributed by atoms with van der Waals surface area (Å²) in [6, 6.07) is 10.9. The summed E-state index contributed by atoms with van der Waals surface area (Å²) in [5, 5.41) is 19.7. The molecule has 0 heterocycles. The SMILES string of the molecule is COc1cc(C(O)c2ccc(CO)c(OC)c2)ccc1C. The van der Waals surface area contributed by atoms with Gasteiger partial charge in [0, 0.05) is 5.56 Å². The highest BCUT2D eigenvalue weighted by Crippen LogP contribution is 2.30. The van der Waals surface area contributed by atoms with Crippen LogP contribution in [-0.2, 0) is 6.61 Å². The van der Waals surface area contributed by atoms with Crippen LogP contribution >= 0.6 is 0 Å². The molecule has 112 valence electrons. The lowest BCUT2D eigenvalue weighted by Crippen LogP contribution is -2.02. The lowest BCUT2D eigenvalue weighted by molar-refractivity contribution is 0.218. The van der Waals surface area contributed by atoms with Crippen LogP contribution in [0.25, 0.3) is 0 Å². The van der Waals surface area contributed by atoms with Crippen LogP contribution in [0.2, 0.25) is 0 Å². The van der Waals surface area contributed by atoms with Crippen LogP contribution in [0.5, 0.6) is 11.5 Å². The van der Waals surface area contributed by atoms with Crippen LogP contribution in [0.4, 0.5) is 0 Å².